The second kappa shape index (κ2) is 6.41. The predicted molar refractivity (Wildman–Crippen MR) is 80.5 cm³/mol. The van der Waals surface area contributed by atoms with Crippen LogP contribution in [0.15, 0.2) is 23.1 Å². The van der Waals surface area contributed by atoms with Crippen LogP contribution in [0.2, 0.25) is 0 Å². The molecule has 6 heteroatoms. The third-order valence-corrected chi connectivity index (χ3v) is 3.92. The molecule has 1 amide bonds. The van der Waals surface area contributed by atoms with E-state index in [2.05, 4.69) is 24.1 Å². The van der Waals surface area contributed by atoms with Gasteiger partial charge in [-0.1, -0.05) is 0 Å². The normalized spacial score (nSPS) is 16.7. The van der Waals surface area contributed by atoms with Crippen LogP contribution in [0.3, 0.4) is 0 Å². The highest BCUT2D eigenvalue weighted by atomic mass is 16.5. The van der Waals surface area contributed by atoms with Crippen molar-refractivity contribution in [3.8, 4) is 0 Å². The molecule has 2 heterocycles. The number of aromatic nitrogens is 1. The fraction of sp³-hybridized carbons (Fsp3) is 0.600. The van der Waals surface area contributed by atoms with E-state index in [1.165, 1.54) is 4.57 Å². The highest BCUT2D eigenvalue weighted by molar-refractivity contribution is 5.93. The van der Waals surface area contributed by atoms with E-state index in [9.17, 15) is 9.59 Å². The minimum absolute atomic E-state index is 0.167. The Morgan fingerprint density at radius 3 is 2.71 bits per heavy atom. The number of amides is 1. The molecular formula is C15H23N3O3. The van der Waals surface area contributed by atoms with Crippen LogP contribution in [-0.4, -0.2) is 53.8 Å². The Kier molecular flexibility index (Phi) is 4.80. The van der Waals surface area contributed by atoms with E-state index in [4.69, 9.17) is 4.74 Å². The maximum Gasteiger partial charge on any atom is 0.263 e. The second-order valence-corrected chi connectivity index (χ2v) is 5.93. The van der Waals surface area contributed by atoms with Gasteiger partial charge in [-0.25, -0.2) is 0 Å². The molecule has 1 aromatic rings. The number of morpholine rings is 1. The van der Waals surface area contributed by atoms with Gasteiger partial charge in [0.2, 0.25) is 0 Å². The van der Waals surface area contributed by atoms with E-state index in [-0.39, 0.29) is 22.6 Å². The maximum absolute atomic E-state index is 12.2. The van der Waals surface area contributed by atoms with Gasteiger partial charge < -0.3 is 14.6 Å². The topological polar surface area (TPSA) is 63.6 Å². The molecule has 0 unspecified atom stereocenters. The van der Waals surface area contributed by atoms with E-state index in [0.717, 1.165) is 26.3 Å². The predicted octanol–water partition coefficient (Wildman–Crippen LogP) is 0.226. The minimum Gasteiger partial charge on any atom is -0.379 e. The first kappa shape index (κ1) is 15.7. The Bertz CT molecular complexity index is 560. The number of aryl methyl sites for hydroxylation is 1. The molecule has 0 aliphatic carbocycles. The molecule has 6 nitrogen and oxygen atoms in total. The van der Waals surface area contributed by atoms with Crippen molar-refractivity contribution in [1.82, 2.24) is 14.8 Å². The van der Waals surface area contributed by atoms with E-state index >= 15 is 0 Å². The van der Waals surface area contributed by atoms with Crippen molar-refractivity contribution >= 4 is 5.91 Å². The number of hydrogen-bond acceptors (Lipinski definition) is 4. The summed E-state index contributed by atoms with van der Waals surface area (Å²) >= 11 is 0. The van der Waals surface area contributed by atoms with Crippen molar-refractivity contribution in [3.63, 3.8) is 0 Å². The fourth-order valence-corrected chi connectivity index (χ4v) is 2.44. The highest BCUT2D eigenvalue weighted by Crippen LogP contribution is 2.15. The van der Waals surface area contributed by atoms with Crippen molar-refractivity contribution in [2.24, 2.45) is 7.05 Å². The number of nitrogens with zero attached hydrogens (tertiary/aromatic N) is 2. The van der Waals surface area contributed by atoms with Crippen LogP contribution in [0.4, 0.5) is 0 Å². The molecule has 0 bridgehead atoms. The van der Waals surface area contributed by atoms with Gasteiger partial charge in [0.1, 0.15) is 5.56 Å². The average Bonchev–Trinajstić information content (AvgIpc) is 2.49. The molecule has 116 valence electrons. The van der Waals surface area contributed by atoms with Gasteiger partial charge in [-0.15, -0.1) is 0 Å². The molecule has 1 aliphatic rings. The minimum atomic E-state index is -0.322. The number of carbonyl (C=O) groups excluding carboxylic acids is 1. The smallest absolute Gasteiger partial charge is 0.263 e. The highest BCUT2D eigenvalue weighted by Gasteiger charge is 2.28. The monoisotopic (exact) mass is 293 g/mol. The number of pyridine rings is 1. The zero-order valence-electron chi connectivity index (χ0n) is 12.9. The molecule has 21 heavy (non-hydrogen) atoms. The summed E-state index contributed by atoms with van der Waals surface area (Å²) in [7, 11) is 1.64. The standard InChI is InChI=1S/C15H23N3O3/c1-15(2,18-7-9-21-10-8-18)11-16-13(19)12-5-4-6-17(3)14(12)20/h4-6H,7-11H2,1-3H3,(H,16,19). The quantitative estimate of drug-likeness (QED) is 0.863. The number of hydrogen-bond donors (Lipinski definition) is 1. The van der Waals surface area contributed by atoms with Crippen molar-refractivity contribution in [3.05, 3.63) is 34.2 Å². The Hall–Kier alpha value is -1.66. The first-order chi connectivity index (χ1) is 9.92. The van der Waals surface area contributed by atoms with Gasteiger partial charge in [-0.2, -0.15) is 0 Å². The molecule has 1 aliphatic heterocycles. The Labute approximate surface area is 124 Å². The molecular weight excluding hydrogens is 270 g/mol. The van der Waals surface area contributed by atoms with E-state index < -0.39 is 0 Å². The molecule has 0 aromatic carbocycles. The molecule has 0 atom stereocenters. The Morgan fingerprint density at radius 1 is 1.38 bits per heavy atom. The summed E-state index contributed by atoms with van der Waals surface area (Å²) in [4.78, 5) is 26.4. The zero-order valence-corrected chi connectivity index (χ0v) is 12.9. The summed E-state index contributed by atoms with van der Waals surface area (Å²) in [5.41, 5.74) is -0.267. The molecule has 1 saturated heterocycles. The van der Waals surface area contributed by atoms with Crippen LogP contribution >= 0.6 is 0 Å². The van der Waals surface area contributed by atoms with Gasteiger partial charge in [-0.3, -0.25) is 14.5 Å². The number of rotatable bonds is 4. The largest absolute Gasteiger partial charge is 0.379 e. The first-order valence-corrected chi connectivity index (χ1v) is 7.18. The summed E-state index contributed by atoms with van der Waals surface area (Å²) in [5.74, 6) is -0.322. The van der Waals surface area contributed by atoms with Crippen molar-refractivity contribution in [2.75, 3.05) is 32.8 Å². The van der Waals surface area contributed by atoms with E-state index in [1.54, 1.807) is 25.4 Å². The molecule has 1 aromatic heterocycles. The lowest BCUT2D eigenvalue weighted by Gasteiger charge is -2.40. The summed E-state index contributed by atoms with van der Waals surface area (Å²) in [6, 6.07) is 3.25. The van der Waals surface area contributed by atoms with Gasteiger partial charge in [-0.05, 0) is 26.0 Å². The molecule has 1 fully saturated rings. The van der Waals surface area contributed by atoms with Gasteiger partial charge in [0, 0.05) is 38.4 Å². The van der Waals surface area contributed by atoms with Gasteiger partial charge in [0.05, 0.1) is 13.2 Å². The summed E-state index contributed by atoms with van der Waals surface area (Å²) < 4.78 is 6.75. The van der Waals surface area contributed by atoms with E-state index in [1.807, 2.05) is 0 Å². The summed E-state index contributed by atoms with van der Waals surface area (Å²) in [5, 5.41) is 2.87. The third-order valence-electron chi connectivity index (χ3n) is 3.92. The van der Waals surface area contributed by atoms with Crippen LogP contribution in [0.25, 0.3) is 0 Å². The molecule has 0 spiro atoms. The average molecular weight is 293 g/mol. The fourth-order valence-electron chi connectivity index (χ4n) is 2.44. The Morgan fingerprint density at radius 2 is 2.05 bits per heavy atom. The van der Waals surface area contributed by atoms with Gasteiger partial charge in [0.15, 0.2) is 0 Å². The lowest BCUT2D eigenvalue weighted by molar-refractivity contribution is -0.00923. The third kappa shape index (κ3) is 3.71. The summed E-state index contributed by atoms with van der Waals surface area (Å²) in [6.45, 7) is 7.81. The van der Waals surface area contributed by atoms with Gasteiger partial charge in [0.25, 0.3) is 11.5 Å². The number of carbonyl (C=O) groups is 1. The van der Waals surface area contributed by atoms with Crippen molar-refractivity contribution in [1.29, 1.82) is 0 Å². The molecule has 0 radical (unpaired) electrons. The lowest BCUT2D eigenvalue weighted by Crippen LogP contribution is -2.55. The maximum atomic E-state index is 12.2. The van der Waals surface area contributed by atoms with Crippen molar-refractivity contribution in [2.45, 2.75) is 19.4 Å². The Balaban J connectivity index is 2.00. The molecule has 1 N–H and O–H groups in total. The second-order valence-electron chi connectivity index (χ2n) is 5.93. The van der Waals surface area contributed by atoms with Crippen LogP contribution in [0.1, 0.15) is 24.2 Å². The lowest BCUT2D eigenvalue weighted by atomic mass is 10.0. The molecule has 0 saturated carbocycles. The first-order valence-electron chi connectivity index (χ1n) is 7.18. The van der Waals surface area contributed by atoms with E-state index in [0.29, 0.717) is 6.54 Å². The van der Waals surface area contributed by atoms with Crippen LogP contribution in [0, 0.1) is 0 Å². The number of nitrogens with one attached hydrogen (secondary N) is 1. The summed E-state index contributed by atoms with van der Waals surface area (Å²) in [6.07, 6.45) is 1.64. The molecule has 2 rings (SSSR count). The van der Waals surface area contributed by atoms with Gasteiger partial charge >= 0.3 is 0 Å². The zero-order chi connectivity index (χ0) is 15.5. The van der Waals surface area contributed by atoms with Crippen LogP contribution in [0.5, 0.6) is 0 Å². The van der Waals surface area contributed by atoms with Crippen LogP contribution < -0.4 is 10.9 Å². The van der Waals surface area contributed by atoms with Crippen LogP contribution in [-0.2, 0) is 11.8 Å². The SMILES string of the molecule is Cn1cccc(C(=O)NCC(C)(C)N2CCOCC2)c1=O. The number of ether oxygens (including phenoxy) is 1. The van der Waals surface area contributed by atoms with Crippen molar-refractivity contribution < 1.29 is 9.53 Å².